The van der Waals surface area contributed by atoms with E-state index in [9.17, 15) is 13.2 Å². The van der Waals surface area contributed by atoms with E-state index in [0.717, 1.165) is 30.7 Å². The minimum absolute atomic E-state index is 0.161. The van der Waals surface area contributed by atoms with Gasteiger partial charge in [-0.05, 0) is 61.6 Å². The van der Waals surface area contributed by atoms with E-state index < -0.39 is 6.36 Å². The standard InChI is InChI=1S/C18H19F3N4O/c19-18(20,21)26-15-9-7-13(8-10-15)25-17(22)23-11-14-6-5-12-3-1-2-4-16(12)24-14/h5-10H,1-4,11H2,(H3,22,23,25). The van der Waals surface area contributed by atoms with Crippen LogP contribution in [-0.2, 0) is 19.4 Å². The highest BCUT2D eigenvalue weighted by Gasteiger charge is 2.30. The van der Waals surface area contributed by atoms with Crippen LogP contribution >= 0.6 is 0 Å². The largest absolute Gasteiger partial charge is 0.573 e. The van der Waals surface area contributed by atoms with Crippen LogP contribution in [0.5, 0.6) is 5.75 Å². The van der Waals surface area contributed by atoms with Gasteiger partial charge < -0.3 is 15.8 Å². The van der Waals surface area contributed by atoms with E-state index in [2.05, 4.69) is 26.1 Å². The third-order valence-electron chi connectivity index (χ3n) is 4.01. The van der Waals surface area contributed by atoms with Gasteiger partial charge in [-0.1, -0.05) is 6.07 Å². The topological polar surface area (TPSA) is 72.5 Å². The Bertz CT molecular complexity index is 788. The minimum Gasteiger partial charge on any atom is -0.406 e. The van der Waals surface area contributed by atoms with Crippen LogP contribution < -0.4 is 15.8 Å². The maximum atomic E-state index is 12.1. The summed E-state index contributed by atoms with van der Waals surface area (Å²) in [6, 6.07) is 9.31. The molecule has 0 radical (unpaired) electrons. The molecule has 0 atom stereocenters. The second kappa shape index (κ2) is 7.63. The molecule has 8 heteroatoms. The number of anilines is 1. The Morgan fingerprint density at radius 1 is 1.12 bits per heavy atom. The van der Waals surface area contributed by atoms with Crippen molar-refractivity contribution in [1.82, 2.24) is 4.98 Å². The number of nitrogens with zero attached hydrogens (tertiary/aromatic N) is 2. The molecule has 26 heavy (non-hydrogen) atoms. The highest BCUT2D eigenvalue weighted by molar-refractivity contribution is 5.92. The van der Waals surface area contributed by atoms with Crippen molar-refractivity contribution in [2.45, 2.75) is 38.6 Å². The van der Waals surface area contributed by atoms with Crippen LogP contribution in [0, 0.1) is 0 Å². The lowest BCUT2D eigenvalue weighted by Crippen LogP contribution is -2.22. The Kier molecular flexibility index (Phi) is 5.29. The minimum atomic E-state index is -4.71. The van der Waals surface area contributed by atoms with Gasteiger partial charge in [0.15, 0.2) is 5.96 Å². The van der Waals surface area contributed by atoms with Crippen molar-refractivity contribution in [3.63, 3.8) is 0 Å². The van der Waals surface area contributed by atoms with Crippen LogP contribution in [-0.4, -0.2) is 17.3 Å². The number of nitrogens with one attached hydrogen (secondary N) is 1. The fourth-order valence-corrected chi connectivity index (χ4v) is 2.81. The Labute approximate surface area is 149 Å². The van der Waals surface area contributed by atoms with E-state index >= 15 is 0 Å². The van der Waals surface area contributed by atoms with E-state index in [1.54, 1.807) is 0 Å². The van der Waals surface area contributed by atoms with Crippen molar-refractivity contribution in [3.8, 4) is 5.75 Å². The second-order valence-electron chi connectivity index (χ2n) is 6.01. The van der Waals surface area contributed by atoms with Crippen molar-refractivity contribution >= 4 is 11.6 Å². The van der Waals surface area contributed by atoms with Crippen LogP contribution in [0.2, 0.25) is 0 Å². The maximum absolute atomic E-state index is 12.1. The number of hydrogen-bond donors (Lipinski definition) is 2. The molecule has 1 aliphatic rings. The predicted molar refractivity (Wildman–Crippen MR) is 93.0 cm³/mol. The number of guanidine groups is 1. The molecule has 1 aliphatic carbocycles. The van der Waals surface area contributed by atoms with Gasteiger partial charge in [0.05, 0.1) is 12.2 Å². The molecule has 5 nitrogen and oxygen atoms in total. The number of aryl methyl sites for hydroxylation is 2. The first-order chi connectivity index (χ1) is 12.4. The summed E-state index contributed by atoms with van der Waals surface area (Å²) in [7, 11) is 0. The number of rotatable bonds is 4. The number of nitrogens with two attached hydrogens (primary N) is 1. The van der Waals surface area contributed by atoms with Crippen molar-refractivity contribution in [2.75, 3.05) is 5.32 Å². The van der Waals surface area contributed by atoms with Gasteiger partial charge in [-0.15, -0.1) is 13.2 Å². The lowest BCUT2D eigenvalue weighted by molar-refractivity contribution is -0.274. The molecule has 0 amide bonds. The number of alkyl halides is 3. The van der Waals surface area contributed by atoms with E-state index in [-0.39, 0.29) is 11.7 Å². The zero-order valence-electron chi connectivity index (χ0n) is 14.0. The van der Waals surface area contributed by atoms with E-state index in [0.29, 0.717) is 12.2 Å². The molecule has 3 rings (SSSR count). The number of hydrogen-bond acceptors (Lipinski definition) is 3. The van der Waals surface area contributed by atoms with Gasteiger partial charge in [0.2, 0.25) is 0 Å². The molecule has 2 aromatic rings. The Morgan fingerprint density at radius 2 is 1.85 bits per heavy atom. The highest BCUT2D eigenvalue weighted by atomic mass is 19.4. The van der Waals surface area contributed by atoms with Crippen molar-refractivity contribution in [1.29, 1.82) is 0 Å². The fourth-order valence-electron chi connectivity index (χ4n) is 2.81. The average Bonchev–Trinajstić information content (AvgIpc) is 2.60. The van der Waals surface area contributed by atoms with Gasteiger partial charge in [0.1, 0.15) is 5.75 Å². The van der Waals surface area contributed by atoms with Gasteiger partial charge in [-0.25, -0.2) is 4.99 Å². The molecule has 3 N–H and O–H groups in total. The first kappa shape index (κ1) is 18.0. The van der Waals surface area contributed by atoms with Gasteiger partial charge in [-0.2, -0.15) is 0 Å². The summed E-state index contributed by atoms with van der Waals surface area (Å²) in [5.41, 5.74) is 9.62. The quantitative estimate of drug-likeness (QED) is 0.640. The Hall–Kier alpha value is -2.77. The molecule has 0 unspecified atom stereocenters. The molecule has 1 aromatic heterocycles. The maximum Gasteiger partial charge on any atom is 0.573 e. The fraction of sp³-hybridized carbons (Fsp3) is 0.333. The second-order valence-corrected chi connectivity index (χ2v) is 6.01. The summed E-state index contributed by atoms with van der Waals surface area (Å²) < 4.78 is 40.2. The zero-order chi connectivity index (χ0) is 18.6. The van der Waals surface area contributed by atoms with Gasteiger partial charge in [0, 0.05) is 11.4 Å². The highest BCUT2D eigenvalue weighted by Crippen LogP contribution is 2.24. The van der Waals surface area contributed by atoms with Crippen LogP contribution in [0.25, 0.3) is 0 Å². The molecule has 0 bridgehead atoms. The zero-order valence-corrected chi connectivity index (χ0v) is 14.0. The molecule has 0 spiro atoms. The third kappa shape index (κ3) is 5.11. The molecule has 0 fully saturated rings. The number of pyridine rings is 1. The van der Waals surface area contributed by atoms with Gasteiger partial charge in [-0.3, -0.25) is 4.98 Å². The molecular weight excluding hydrogens is 345 g/mol. The first-order valence-electron chi connectivity index (χ1n) is 8.29. The monoisotopic (exact) mass is 364 g/mol. The number of aliphatic imine (C=N–C) groups is 1. The summed E-state index contributed by atoms with van der Waals surface area (Å²) in [6.07, 6.45) is -0.284. The molecule has 1 aromatic carbocycles. The molecular formula is C18H19F3N4O. The molecule has 0 saturated carbocycles. The summed E-state index contributed by atoms with van der Waals surface area (Å²) in [6.45, 7) is 0.335. The number of benzene rings is 1. The number of halogens is 3. The number of fused-ring (bicyclic) bond motifs is 1. The first-order valence-corrected chi connectivity index (χ1v) is 8.29. The predicted octanol–water partition coefficient (Wildman–Crippen LogP) is 3.79. The van der Waals surface area contributed by atoms with Crippen LogP contribution in [0.3, 0.4) is 0 Å². The van der Waals surface area contributed by atoms with Gasteiger partial charge in [0.25, 0.3) is 0 Å². The summed E-state index contributed by atoms with van der Waals surface area (Å²) in [5.74, 6) is -0.133. The molecule has 0 aliphatic heterocycles. The van der Waals surface area contributed by atoms with E-state index in [1.807, 2.05) is 6.07 Å². The van der Waals surface area contributed by atoms with Crippen LogP contribution in [0.4, 0.5) is 18.9 Å². The van der Waals surface area contributed by atoms with Crippen molar-refractivity contribution in [3.05, 3.63) is 53.3 Å². The van der Waals surface area contributed by atoms with Crippen molar-refractivity contribution < 1.29 is 17.9 Å². The van der Waals surface area contributed by atoms with E-state index in [1.165, 1.54) is 36.2 Å². The number of ether oxygens (including phenoxy) is 1. The molecule has 138 valence electrons. The van der Waals surface area contributed by atoms with Gasteiger partial charge >= 0.3 is 6.36 Å². The summed E-state index contributed by atoms with van der Waals surface area (Å²) >= 11 is 0. The van der Waals surface area contributed by atoms with Crippen molar-refractivity contribution in [2.24, 2.45) is 10.7 Å². The Balaban J connectivity index is 1.58. The van der Waals surface area contributed by atoms with Crippen LogP contribution in [0.1, 0.15) is 29.8 Å². The van der Waals surface area contributed by atoms with E-state index in [4.69, 9.17) is 5.73 Å². The summed E-state index contributed by atoms with van der Waals surface area (Å²) in [4.78, 5) is 8.85. The lowest BCUT2D eigenvalue weighted by Gasteiger charge is -2.15. The number of aromatic nitrogens is 1. The SMILES string of the molecule is NC(=NCc1ccc2c(n1)CCCC2)Nc1ccc(OC(F)(F)F)cc1. The normalized spacial score (nSPS) is 14.7. The molecule has 0 saturated heterocycles. The lowest BCUT2D eigenvalue weighted by atomic mass is 9.96. The smallest absolute Gasteiger partial charge is 0.406 e. The molecule has 1 heterocycles. The third-order valence-corrected chi connectivity index (χ3v) is 4.01. The Morgan fingerprint density at radius 3 is 2.58 bits per heavy atom. The summed E-state index contributed by atoms with van der Waals surface area (Å²) in [5, 5.41) is 2.83. The average molecular weight is 364 g/mol. The van der Waals surface area contributed by atoms with Crippen LogP contribution in [0.15, 0.2) is 41.4 Å².